The average Bonchev–Trinajstić information content (AvgIpc) is 2.67. The van der Waals surface area contributed by atoms with Crippen LogP contribution in [0.1, 0.15) is 30.1 Å². The quantitative estimate of drug-likeness (QED) is 0.898. The smallest absolute Gasteiger partial charge is 0.150 e. The van der Waals surface area contributed by atoms with Gasteiger partial charge >= 0.3 is 0 Å². The van der Waals surface area contributed by atoms with Gasteiger partial charge in [0.2, 0.25) is 0 Å². The normalized spacial score (nSPS) is 24.0. The summed E-state index contributed by atoms with van der Waals surface area (Å²) in [5, 5.41) is 3.26. The van der Waals surface area contributed by atoms with Gasteiger partial charge < -0.3 is 5.32 Å². The molecule has 2 rings (SSSR count). The zero-order chi connectivity index (χ0) is 13.2. The molecule has 100 valence electrons. The van der Waals surface area contributed by atoms with Crippen molar-refractivity contribution in [3.8, 4) is 0 Å². The minimum atomic E-state index is -2.78. The van der Waals surface area contributed by atoms with Crippen molar-refractivity contribution in [3.63, 3.8) is 0 Å². The molecule has 0 bridgehead atoms. The molecular weight excluding hydrogens is 248 g/mol. The summed E-state index contributed by atoms with van der Waals surface area (Å²) in [5.41, 5.74) is 2.13. The second-order valence-electron chi connectivity index (χ2n) is 5.08. The average molecular weight is 268 g/mol. The topological polar surface area (TPSA) is 59.1 Å². The minimum Gasteiger partial charge on any atom is -0.313 e. The van der Waals surface area contributed by atoms with Crippen molar-refractivity contribution >= 4 is 9.84 Å². The van der Waals surface area contributed by atoms with Crippen LogP contribution in [0, 0.1) is 12.8 Å². The lowest BCUT2D eigenvalue weighted by atomic mass is 9.95. The number of sulfone groups is 1. The number of hydrogen-bond donors (Lipinski definition) is 1. The molecule has 18 heavy (non-hydrogen) atoms. The van der Waals surface area contributed by atoms with Gasteiger partial charge in [-0.15, -0.1) is 0 Å². The largest absolute Gasteiger partial charge is 0.313 e. The maximum absolute atomic E-state index is 11.5. The molecule has 5 heteroatoms. The first-order chi connectivity index (χ1) is 8.50. The van der Waals surface area contributed by atoms with Crippen molar-refractivity contribution in [3.05, 3.63) is 29.6 Å². The molecule has 1 N–H and O–H groups in total. The Morgan fingerprint density at radius 3 is 2.78 bits per heavy atom. The predicted molar refractivity (Wildman–Crippen MR) is 72.2 cm³/mol. The maximum atomic E-state index is 11.5. The molecule has 2 heterocycles. The number of nitrogens with zero attached hydrogens (tertiary/aromatic N) is 1. The molecule has 2 unspecified atom stereocenters. The number of nitrogens with one attached hydrogen (secondary N) is 1. The molecule has 1 aromatic heterocycles. The Labute approximate surface area is 109 Å². The van der Waals surface area contributed by atoms with Gasteiger partial charge in [0.15, 0.2) is 9.84 Å². The van der Waals surface area contributed by atoms with Gasteiger partial charge in [-0.25, -0.2) is 8.42 Å². The molecule has 0 aliphatic carbocycles. The highest BCUT2D eigenvalue weighted by Gasteiger charge is 2.29. The fraction of sp³-hybridized carbons (Fsp3) is 0.615. The first-order valence-corrected chi connectivity index (χ1v) is 8.12. The van der Waals surface area contributed by atoms with Crippen LogP contribution in [-0.2, 0) is 9.84 Å². The van der Waals surface area contributed by atoms with Crippen LogP contribution in [-0.4, -0.2) is 32.0 Å². The zero-order valence-corrected chi connectivity index (χ0v) is 11.7. The van der Waals surface area contributed by atoms with E-state index < -0.39 is 9.84 Å². The number of aryl methyl sites for hydroxylation is 1. The van der Waals surface area contributed by atoms with E-state index in [9.17, 15) is 8.42 Å². The second kappa shape index (κ2) is 5.36. The standard InChI is InChI=1S/C13H20N2O2S/c1-10-3-4-12(8-15-10)13(14-2)7-11-5-6-18(16,17)9-11/h3-4,8,11,13-14H,5-7,9H2,1-2H3. The number of hydrogen-bond acceptors (Lipinski definition) is 4. The fourth-order valence-electron chi connectivity index (χ4n) is 2.50. The lowest BCUT2D eigenvalue weighted by Crippen LogP contribution is -2.20. The molecule has 0 spiro atoms. The third-order valence-electron chi connectivity index (χ3n) is 3.58. The molecule has 1 aliphatic rings. The first-order valence-electron chi connectivity index (χ1n) is 6.30. The van der Waals surface area contributed by atoms with Crippen molar-refractivity contribution in [2.75, 3.05) is 18.6 Å². The monoisotopic (exact) mass is 268 g/mol. The minimum absolute atomic E-state index is 0.191. The molecule has 1 aromatic rings. The van der Waals surface area contributed by atoms with Gasteiger partial charge in [0.05, 0.1) is 11.5 Å². The van der Waals surface area contributed by atoms with Gasteiger partial charge in [-0.1, -0.05) is 6.07 Å². The number of pyridine rings is 1. The number of aromatic nitrogens is 1. The summed E-state index contributed by atoms with van der Waals surface area (Å²) in [4.78, 5) is 4.29. The Kier molecular flexibility index (Phi) is 4.02. The SMILES string of the molecule is CNC(CC1CCS(=O)(=O)C1)c1ccc(C)nc1. The zero-order valence-electron chi connectivity index (χ0n) is 10.9. The summed E-state index contributed by atoms with van der Waals surface area (Å²) >= 11 is 0. The van der Waals surface area contributed by atoms with Gasteiger partial charge in [0.25, 0.3) is 0 Å². The van der Waals surface area contributed by atoms with E-state index in [0.29, 0.717) is 11.5 Å². The summed E-state index contributed by atoms with van der Waals surface area (Å²) < 4.78 is 22.9. The van der Waals surface area contributed by atoms with E-state index in [2.05, 4.69) is 16.4 Å². The lowest BCUT2D eigenvalue weighted by molar-refractivity contribution is 0.436. The highest BCUT2D eigenvalue weighted by molar-refractivity contribution is 7.91. The van der Waals surface area contributed by atoms with Gasteiger partial charge in [-0.2, -0.15) is 0 Å². The predicted octanol–water partition coefficient (Wildman–Crippen LogP) is 1.48. The molecule has 0 radical (unpaired) electrons. The van der Waals surface area contributed by atoms with Gasteiger partial charge in [0, 0.05) is 17.9 Å². The van der Waals surface area contributed by atoms with E-state index in [1.165, 1.54) is 0 Å². The van der Waals surface area contributed by atoms with E-state index in [1.807, 2.05) is 26.2 Å². The molecule has 4 nitrogen and oxygen atoms in total. The summed E-state index contributed by atoms with van der Waals surface area (Å²) in [7, 11) is -0.871. The first kappa shape index (κ1) is 13.5. The molecule has 1 saturated heterocycles. The Morgan fingerprint density at radius 2 is 2.28 bits per heavy atom. The van der Waals surface area contributed by atoms with Crippen molar-refractivity contribution in [1.82, 2.24) is 10.3 Å². The second-order valence-corrected chi connectivity index (χ2v) is 7.31. The summed E-state index contributed by atoms with van der Waals surface area (Å²) in [6, 6.07) is 4.24. The van der Waals surface area contributed by atoms with E-state index in [0.717, 1.165) is 24.1 Å². The molecule has 0 amide bonds. The molecule has 1 fully saturated rings. The van der Waals surface area contributed by atoms with Crippen LogP contribution in [0.25, 0.3) is 0 Å². The van der Waals surface area contributed by atoms with Crippen LogP contribution in [0.3, 0.4) is 0 Å². The van der Waals surface area contributed by atoms with Crippen molar-refractivity contribution in [1.29, 1.82) is 0 Å². The third-order valence-corrected chi connectivity index (χ3v) is 5.42. The molecule has 1 aliphatic heterocycles. The van der Waals surface area contributed by atoms with Crippen LogP contribution >= 0.6 is 0 Å². The molecule has 0 saturated carbocycles. The Hall–Kier alpha value is -0.940. The van der Waals surface area contributed by atoms with Crippen LogP contribution in [0.2, 0.25) is 0 Å². The summed E-state index contributed by atoms with van der Waals surface area (Å²) in [5.74, 6) is 0.957. The Morgan fingerprint density at radius 1 is 1.50 bits per heavy atom. The van der Waals surface area contributed by atoms with Crippen LogP contribution in [0.4, 0.5) is 0 Å². The van der Waals surface area contributed by atoms with E-state index in [-0.39, 0.29) is 12.0 Å². The molecule has 2 atom stereocenters. The molecule has 0 aromatic carbocycles. The van der Waals surface area contributed by atoms with Crippen LogP contribution in [0.5, 0.6) is 0 Å². The van der Waals surface area contributed by atoms with E-state index >= 15 is 0 Å². The Balaban J connectivity index is 2.04. The van der Waals surface area contributed by atoms with Gasteiger partial charge in [-0.05, 0) is 44.4 Å². The fourth-order valence-corrected chi connectivity index (χ4v) is 4.38. The van der Waals surface area contributed by atoms with Gasteiger partial charge in [0.1, 0.15) is 0 Å². The van der Waals surface area contributed by atoms with E-state index in [4.69, 9.17) is 0 Å². The third kappa shape index (κ3) is 3.29. The number of rotatable bonds is 4. The van der Waals surface area contributed by atoms with Crippen LogP contribution in [0.15, 0.2) is 18.3 Å². The van der Waals surface area contributed by atoms with E-state index in [1.54, 1.807) is 0 Å². The lowest BCUT2D eigenvalue weighted by Gasteiger charge is -2.19. The Bertz CT molecular complexity index is 496. The highest BCUT2D eigenvalue weighted by Crippen LogP contribution is 2.28. The molecular formula is C13H20N2O2S. The van der Waals surface area contributed by atoms with Crippen molar-refractivity contribution in [2.45, 2.75) is 25.8 Å². The van der Waals surface area contributed by atoms with Crippen molar-refractivity contribution < 1.29 is 8.42 Å². The maximum Gasteiger partial charge on any atom is 0.150 e. The van der Waals surface area contributed by atoms with Crippen LogP contribution < -0.4 is 5.32 Å². The summed E-state index contributed by atoms with van der Waals surface area (Å²) in [6.07, 6.45) is 3.53. The van der Waals surface area contributed by atoms with Crippen molar-refractivity contribution in [2.24, 2.45) is 5.92 Å². The van der Waals surface area contributed by atoms with Gasteiger partial charge in [-0.3, -0.25) is 4.98 Å². The highest BCUT2D eigenvalue weighted by atomic mass is 32.2. The summed E-state index contributed by atoms with van der Waals surface area (Å²) in [6.45, 7) is 1.96.